The van der Waals surface area contributed by atoms with Crippen LogP contribution >= 0.6 is 0 Å². The number of nitrogens with zero attached hydrogens (tertiary/aromatic N) is 3. The van der Waals surface area contributed by atoms with E-state index in [1.54, 1.807) is 43.7 Å². The van der Waals surface area contributed by atoms with Gasteiger partial charge in [0.15, 0.2) is 0 Å². The highest BCUT2D eigenvalue weighted by molar-refractivity contribution is 6.02. The Morgan fingerprint density at radius 3 is 2.63 bits per heavy atom. The quantitative estimate of drug-likeness (QED) is 0.511. The molecule has 1 aromatic carbocycles. The minimum atomic E-state index is -3.03. The molecule has 2 aliphatic heterocycles. The predicted octanol–water partition coefficient (Wildman–Crippen LogP) is 3.34. The lowest BCUT2D eigenvalue weighted by Crippen LogP contribution is -2.49. The first-order valence-electron chi connectivity index (χ1n) is 12.0. The number of carbonyl (C=O) groups is 3. The molecule has 0 bridgehead atoms. The number of amides is 2. The first-order valence-corrected chi connectivity index (χ1v) is 12.0. The van der Waals surface area contributed by atoms with Gasteiger partial charge in [0.25, 0.3) is 5.92 Å². The van der Waals surface area contributed by atoms with Crippen molar-refractivity contribution in [3.05, 3.63) is 29.5 Å². The smallest absolute Gasteiger partial charge is 0.320 e. The van der Waals surface area contributed by atoms with Crippen LogP contribution in [0.1, 0.15) is 70.1 Å². The van der Waals surface area contributed by atoms with Crippen LogP contribution in [-0.2, 0) is 25.7 Å². The number of likely N-dealkylation sites (tertiary alicyclic amines) is 1. The van der Waals surface area contributed by atoms with Gasteiger partial charge in [0, 0.05) is 18.4 Å². The standard InChI is InChI=1S/C25H32F2N4O4/c1-5-31-19-12-15(6-7-16(19)22(29-31)17-8-9-20(32)28-23(17)34)18-10-11-30(14-25(18,26)27)13-21(33)35-24(2,3)4/h6-7,12,17-18H,5,8-11,13-14H2,1-4H3,(H,28,32,34). The van der Waals surface area contributed by atoms with Crippen molar-refractivity contribution in [3.63, 3.8) is 0 Å². The molecule has 2 aromatic rings. The molecule has 2 aliphatic rings. The fourth-order valence-corrected chi connectivity index (χ4v) is 5.00. The van der Waals surface area contributed by atoms with Gasteiger partial charge in [-0.1, -0.05) is 12.1 Å². The fourth-order valence-electron chi connectivity index (χ4n) is 5.00. The van der Waals surface area contributed by atoms with Gasteiger partial charge in [0.1, 0.15) is 5.60 Å². The third kappa shape index (κ3) is 5.37. The zero-order chi connectivity index (χ0) is 25.5. The first-order chi connectivity index (χ1) is 16.4. The number of benzene rings is 1. The van der Waals surface area contributed by atoms with Gasteiger partial charge in [-0.25, -0.2) is 8.78 Å². The summed E-state index contributed by atoms with van der Waals surface area (Å²) >= 11 is 0. The van der Waals surface area contributed by atoms with Gasteiger partial charge >= 0.3 is 5.97 Å². The van der Waals surface area contributed by atoms with Crippen LogP contribution in [0.4, 0.5) is 8.78 Å². The van der Waals surface area contributed by atoms with Gasteiger partial charge in [-0.05, 0) is 58.7 Å². The summed E-state index contributed by atoms with van der Waals surface area (Å²) in [7, 11) is 0. The van der Waals surface area contributed by atoms with Crippen LogP contribution in [-0.4, -0.2) is 63.6 Å². The summed E-state index contributed by atoms with van der Waals surface area (Å²) in [5, 5.41) is 7.69. The molecule has 0 radical (unpaired) electrons. The molecular weight excluding hydrogens is 458 g/mol. The number of esters is 1. The number of hydrogen-bond donors (Lipinski definition) is 1. The summed E-state index contributed by atoms with van der Waals surface area (Å²) in [6, 6.07) is 5.18. The summed E-state index contributed by atoms with van der Waals surface area (Å²) in [5.74, 6) is -5.77. The van der Waals surface area contributed by atoms with Crippen molar-refractivity contribution in [2.45, 2.75) is 76.9 Å². The van der Waals surface area contributed by atoms with E-state index in [9.17, 15) is 14.4 Å². The second-order valence-corrected chi connectivity index (χ2v) is 10.4. The third-order valence-electron chi connectivity index (χ3n) is 6.53. The zero-order valence-electron chi connectivity index (χ0n) is 20.6. The van der Waals surface area contributed by atoms with E-state index in [4.69, 9.17) is 4.74 Å². The highest BCUT2D eigenvalue weighted by Gasteiger charge is 2.46. The molecule has 3 heterocycles. The second kappa shape index (κ2) is 9.29. The minimum absolute atomic E-state index is 0.170. The number of imide groups is 1. The third-order valence-corrected chi connectivity index (χ3v) is 6.53. The number of alkyl halides is 2. The average Bonchev–Trinajstić information content (AvgIpc) is 3.09. The molecule has 2 amide bonds. The van der Waals surface area contributed by atoms with E-state index in [0.717, 1.165) is 5.39 Å². The second-order valence-electron chi connectivity index (χ2n) is 10.4. The summed E-state index contributed by atoms with van der Waals surface area (Å²) in [4.78, 5) is 37.5. The van der Waals surface area contributed by atoms with Crippen molar-refractivity contribution in [1.82, 2.24) is 20.0 Å². The van der Waals surface area contributed by atoms with Gasteiger partial charge in [0.05, 0.1) is 36.1 Å². The number of rotatable bonds is 5. The molecule has 2 unspecified atom stereocenters. The number of aryl methyl sites for hydroxylation is 1. The van der Waals surface area contributed by atoms with E-state index in [0.29, 0.717) is 36.3 Å². The number of piperidine rings is 2. The van der Waals surface area contributed by atoms with E-state index in [1.165, 1.54) is 4.90 Å². The molecule has 10 heteroatoms. The maximum absolute atomic E-state index is 15.3. The molecule has 8 nitrogen and oxygen atoms in total. The molecule has 2 saturated heterocycles. The van der Waals surface area contributed by atoms with Gasteiger partial charge in [-0.2, -0.15) is 5.10 Å². The monoisotopic (exact) mass is 490 g/mol. The highest BCUT2D eigenvalue weighted by Crippen LogP contribution is 2.42. The Labute approximate surface area is 203 Å². The summed E-state index contributed by atoms with van der Waals surface area (Å²) in [6.45, 7) is 7.30. The number of nitrogens with one attached hydrogen (secondary N) is 1. The van der Waals surface area contributed by atoms with Crippen molar-refractivity contribution in [1.29, 1.82) is 0 Å². The van der Waals surface area contributed by atoms with E-state index >= 15 is 8.78 Å². The Hall–Kier alpha value is -2.88. The normalized spacial score (nSPS) is 23.4. The minimum Gasteiger partial charge on any atom is -0.459 e. The van der Waals surface area contributed by atoms with Crippen molar-refractivity contribution >= 4 is 28.7 Å². The van der Waals surface area contributed by atoms with Crippen LogP contribution in [0.25, 0.3) is 10.9 Å². The highest BCUT2D eigenvalue weighted by atomic mass is 19.3. The maximum atomic E-state index is 15.3. The van der Waals surface area contributed by atoms with Crippen molar-refractivity contribution in [2.75, 3.05) is 19.6 Å². The summed E-state index contributed by atoms with van der Waals surface area (Å²) in [5.41, 5.74) is 1.10. The van der Waals surface area contributed by atoms with E-state index < -0.39 is 35.9 Å². The number of aromatic nitrogens is 2. The largest absolute Gasteiger partial charge is 0.459 e. The number of halogens is 2. The van der Waals surface area contributed by atoms with Gasteiger partial charge in [-0.15, -0.1) is 0 Å². The molecule has 2 atom stereocenters. The van der Waals surface area contributed by atoms with Crippen LogP contribution in [0.5, 0.6) is 0 Å². The van der Waals surface area contributed by atoms with Gasteiger partial charge in [-0.3, -0.25) is 29.3 Å². The Morgan fingerprint density at radius 1 is 1.26 bits per heavy atom. The van der Waals surface area contributed by atoms with Crippen LogP contribution in [0, 0.1) is 0 Å². The average molecular weight is 491 g/mol. The molecule has 0 aliphatic carbocycles. The van der Waals surface area contributed by atoms with E-state index in [2.05, 4.69) is 10.4 Å². The maximum Gasteiger partial charge on any atom is 0.320 e. The van der Waals surface area contributed by atoms with E-state index in [1.807, 2.05) is 6.92 Å². The topological polar surface area (TPSA) is 93.5 Å². The number of carbonyl (C=O) groups excluding carboxylic acids is 3. The lowest BCUT2D eigenvalue weighted by molar-refractivity contribution is -0.159. The van der Waals surface area contributed by atoms with Crippen molar-refractivity contribution in [2.24, 2.45) is 0 Å². The first kappa shape index (κ1) is 25.2. The number of ether oxygens (including phenoxy) is 1. The summed E-state index contributed by atoms with van der Waals surface area (Å²) < 4.78 is 37.5. The van der Waals surface area contributed by atoms with Crippen molar-refractivity contribution < 1.29 is 27.9 Å². The lowest BCUT2D eigenvalue weighted by atomic mass is 9.85. The van der Waals surface area contributed by atoms with Crippen LogP contribution in [0.3, 0.4) is 0 Å². The molecule has 0 spiro atoms. The Morgan fingerprint density at radius 2 is 2.00 bits per heavy atom. The molecule has 35 heavy (non-hydrogen) atoms. The van der Waals surface area contributed by atoms with Crippen LogP contribution < -0.4 is 5.32 Å². The Bertz CT molecular complexity index is 1150. The Balaban J connectivity index is 1.56. The number of hydrogen-bond acceptors (Lipinski definition) is 6. The molecule has 0 saturated carbocycles. The van der Waals surface area contributed by atoms with Gasteiger partial charge in [0.2, 0.25) is 11.8 Å². The fraction of sp³-hybridized carbons (Fsp3) is 0.600. The number of fused-ring (bicyclic) bond motifs is 1. The molecule has 4 rings (SSSR count). The molecular formula is C25H32F2N4O4. The lowest BCUT2D eigenvalue weighted by Gasteiger charge is -2.38. The molecule has 1 aromatic heterocycles. The SMILES string of the molecule is CCn1nc(C2CCC(=O)NC2=O)c2ccc(C3CCN(CC(=O)OC(C)(C)C)CC3(F)F)cc21. The van der Waals surface area contributed by atoms with Crippen LogP contribution in [0.2, 0.25) is 0 Å². The van der Waals surface area contributed by atoms with Crippen molar-refractivity contribution in [3.8, 4) is 0 Å². The predicted molar refractivity (Wildman–Crippen MR) is 125 cm³/mol. The van der Waals surface area contributed by atoms with E-state index in [-0.39, 0.29) is 31.2 Å². The molecule has 2 fully saturated rings. The van der Waals surface area contributed by atoms with Crippen LogP contribution in [0.15, 0.2) is 18.2 Å². The zero-order valence-corrected chi connectivity index (χ0v) is 20.6. The van der Waals surface area contributed by atoms with Gasteiger partial charge < -0.3 is 4.74 Å². The summed E-state index contributed by atoms with van der Waals surface area (Å²) in [6.07, 6.45) is 0.807. The molecule has 1 N–H and O–H groups in total. The Kier molecular flexibility index (Phi) is 6.70. The molecule has 190 valence electrons.